The first-order chi connectivity index (χ1) is 11.8. The second-order valence-electron chi connectivity index (χ2n) is 5.97. The minimum Gasteiger partial charge on any atom is -0.335 e. The van der Waals surface area contributed by atoms with E-state index in [2.05, 4.69) is 23.2 Å². The average Bonchev–Trinajstić information content (AvgIpc) is 3.37. The SMILES string of the molecule is O=C(CSc1nc2ccccc2s1)N(Cc1ccccc1)C1CC1. The Bertz CT molecular complexity index is 810. The van der Waals surface area contributed by atoms with E-state index in [1.165, 1.54) is 10.3 Å². The number of para-hydroxylation sites is 1. The summed E-state index contributed by atoms with van der Waals surface area (Å²) in [6.07, 6.45) is 2.26. The lowest BCUT2D eigenvalue weighted by Gasteiger charge is -2.22. The maximum Gasteiger partial charge on any atom is 0.233 e. The molecule has 0 unspecified atom stereocenters. The molecule has 1 amide bonds. The fraction of sp³-hybridized carbons (Fsp3) is 0.263. The number of aromatic nitrogens is 1. The summed E-state index contributed by atoms with van der Waals surface area (Å²) < 4.78 is 2.15. The molecule has 1 fully saturated rings. The Labute approximate surface area is 149 Å². The predicted octanol–water partition coefficient (Wildman–Crippen LogP) is 4.58. The molecule has 24 heavy (non-hydrogen) atoms. The van der Waals surface area contributed by atoms with Crippen LogP contribution in [0.3, 0.4) is 0 Å². The van der Waals surface area contributed by atoms with Crippen molar-refractivity contribution < 1.29 is 4.79 Å². The van der Waals surface area contributed by atoms with Crippen molar-refractivity contribution in [3.8, 4) is 0 Å². The number of hydrogen-bond acceptors (Lipinski definition) is 4. The molecule has 0 atom stereocenters. The van der Waals surface area contributed by atoms with Crippen molar-refractivity contribution in [1.82, 2.24) is 9.88 Å². The quantitative estimate of drug-likeness (QED) is 0.608. The van der Waals surface area contributed by atoms with Gasteiger partial charge in [-0.15, -0.1) is 11.3 Å². The van der Waals surface area contributed by atoms with Gasteiger partial charge in [-0.3, -0.25) is 4.79 Å². The highest BCUT2D eigenvalue weighted by Gasteiger charge is 2.32. The van der Waals surface area contributed by atoms with E-state index in [0.717, 1.165) is 22.7 Å². The van der Waals surface area contributed by atoms with Crippen LogP contribution in [0, 0.1) is 0 Å². The number of nitrogens with zero attached hydrogens (tertiary/aromatic N) is 2. The summed E-state index contributed by atoms with van der Waals surface area (Å²) in [6, 6.07) is 18.8. The third kappa shape index (κ3) is 3.62. The van der Waals surface area contributed by atoms with Crippen molar-refractivity contribution in [2.75, 3.05) is 5.75 Å². The van der Waals surface area contributed by atoms with Crippen molar-refractivity contribution in [3.05, 3.63) is 60.2 Å². The van der Waals surface area contributed by atoms with Crippen LogP contribution in [-0.2, 0) is 11.3 Å². The third-order valence-corrected chi connectivity index (χ3v) is 6.26. The molecule has 3 nitrogen and oxygen atoms in total. The van der Waals surface area contributed by atoms with Crippen molar-refractivity contribution in [2.45, 2.75) is 29.8 Å². The number of carbonyl (C=O) groups excluding carboxylic acids is 1. The lowest BCUT2D eigenvalue weighted by molar-refractivity contribution is -0.129. The molecule has 3 aromatic rings. The normalized spacial score (nSPS) is 14.0. The predicted molar refractivity (Wildman–Crippen MR) is 100 cm³/mol. The summed E-state index contributed by atoms with van der Waals surface area (Å²) in [7, 11) is 0. The molecule has 1 aliphatic carbocycles. The molecule has 0 bridgehead atoms. The average molecular weight is 355 g/mol. The number of benzene rings is 2. The Morgan fingerprint density at radius 2 is 1.88 bits per heavy atom. The zero-order valence-electron chi connectivity index (χ0n) is 13.2. The summed E-state index contributed by atoms with van der Waals surface area (Å²) >= 11 is 3.21. The molecular weight excluding hydrogens is 336 g/mol. The van der Waals surface area contributed by atoms with Crippen LogP contribution in [0.4, 0.5) is 0 Å². The maximum absolute atomic E-state index is 12.7. The summed E-state index contributed by atoms with van der Waals surface area (Å²) in [5.74, 6) is 0.675. The second kappa shape index (κ2) is 6.95. The Balaban J connectivity index is 1.41. The molecule has 0 N–H and O–H groups in total. The molecule has 0 spiro atoms. The molecule has 1 saturated carbocycles. The zero-order chi connectivity index (χ0) is 16.4. The van der Waals surface area contributed by atoms with E-state index in [0.29, 0.717) is 18.3 Å². The number of fused-ring (bicyclic) bond motifs is 1. The van der Waals surface area contributed by atoms with E-state index in [9.17, 15) is 4.79 Å². The number of rotatable bonds is 6. The van der Waals surface area contributed by atoms with Gasteiger partial charge in [0.15, 0.2) is 4.34 Å². The van der Waals surface area contributed by atoms with E-state index < -0.39 is 0 Å². The van der Waals surface area contributed by atoms with Gasteiger partial charge in [0.2, 0.25) is 5.91 Å². The molecule has 1 aromatic heterocycles. The number of hydrogen-bond donors (Lipinski definition) is 0. The highest BCUT2D eigenvalue weighted by atomic mass is 32.2. The molecule has 2 aromatic carbocycles. The van der Waals surface area contributed by atoms with Crippen LogP contribution in [0.15, 0.2) is 58.9 Å². The van der Waals surface area contributed by atoms with Crippen molar-refractivity contribution in [3.63, 3.8) is 0 Å². The second-order valence-corrected chi connectivity index (χ2v) is 8.23. The molecule has 4 rings (SSSR count). The smallest absolute Gasteiger partial charge is 0.233 e. The van der Waals surface area contributed by atoms with Gasteiger partial charge < -0.3 is 4.90 Å². The van der Waals surface area contributed by atoms with Crippen molar-refractivity contribution >= 4 is 39.2 Å². The lowest BCUT2D eigenvalue weighted by Crippen LogP contribution is -2.33. The van der Waals surface area contributed by atoms with E-state index in [1.807, 2.05) is 41.3 Å². The van der Waals surface area contributed by atoms with E-state index in [4.69, 9.17) is 0 Å². The fourth-order valence-corrected chi connectivity index (χ4v) is 4.66. The van der Waals surface area contributed by atoms with Gasteiger partial charge in [-0.2, -0.15) is 0 Å². The van der Waals surface area contributed by atoms with Crippen LogP contribution in [-0.4, -0.2) is 27.6 Å². The highest BCUT2D eigenvalue weighted by molar-refractivity contribution is 8.01. The number of thiazole rings is 1. The van der Waals surface area contributed by atoms with Crippen molar-refractivity contribution in [1.29, 1.82) is 0 Å². The number of amides is 1. The van der Waals surface area contributed by atoms with Crippen LogP contribution in [0.5, 0.6) is 0 Å². The van der Waals surface area contributed by atoms with Gasteiger partial charge in [-0.25, -0.2) is 4.98 Å². The lowest BCUT2D eigenvalue weighted by atomic mass is 10.2. The van der Waals surface area contributed by atoms with Crippen molar-refractivity contribution in [2.24, 2.45) is 0 Å². The van der Waals surface area contributed by atoms with Crippen LogP contribution in [0.1, 0.15) is 18.4 Å². The zero-order valence-corrected chi connectivity index (χ0v) is 14.9. The summed E-state index contributed by atoms with van der Waals surface area (Å²) in [4.78, 5) is 19.3. The van der Waals surface area contributed by atoms with E-state index in [-0.39, 0.29) is 5.91 Å². The van der Waals surface area contributed by atoms with Gasteiger partial charge in [0.25, 0.3) is 0 Å². The molecule has 0 aliphatic heterocycles. The van der Waals surface area contributed by atoms with Crippen LogP contribution in [0.2, 0.25) is 0 Å². The fourth-order valence-electron chi connectivity index (χ4n) is 2.71. The molecule has 0 saturated heterocycles. The van der Waals surface area contributed by atoms with Gasteiger partial charge in [0.1, 0.15) is 0 Å². The first-order valence-electron chi connectivity index (χ1n) is 8.11. The summed E-state index contributed by atoms with van der Waals surface area (Å²) in [6.45, 7) is 0.713. The molecule has 1 heterocycles. The first kappa shape index (κ1) is 15.7. The largest absolute Gasteiger partial charge is 0.335 e. The maximum atomic E-state index is 12.7. The molecule has 0 radical (unpaired) electrons. The number of thioether (sulfide) groups is 1. The van der Waals surface area contributed by atoms with Gasteiger partial charge in [-0.05, 0) is 30.5 Å². The van der Waals surface area contributed by atoms with E-state index >= 15 is 0 Å². The van der Waals surface area contributed by atoms with Crippen LogP contribution in [0.25, 0.3) is 10.2 Å². The minimum absolute atomic E-state index is 0.214. The first-order valence-corrected chi connectivity index (χ1v) is 9.91. The van der Waals surface area contributed by atoms with Crippen LogP contribution >= 0.6 is 23.1 Å². The monoisotopic (exact) mass is 354 g/mol. The number of carbonyl (C=O) groups is 1. The van der Waals surface area contributed by atoms with E-state index in [1.54, 1.807) is 23.1 Å². The summed E-state index contributed by atoms with van der Waals surface area (Å²) in [5.41, 5.74) is 2.21. The molecule has 122 valence electrons. The van der Waals surface area contributed by atoms with Gasteiger partial charge in [0.05, 0.1) is 16.0 Å². The Kier molecular flexibility index (Phi) is 4.54. The molecule has 5 heteroatoms. The van der Waals surface area contributed by atoms with Gasteiger partial charge in [0, 0.05) is 12.6 Å². The Morgan fingerprint density at radius 1 is 1.12 bits per heavy atom. The minimum atomic E-state index is 0.214. The molecular formula is C19H18N2OS2. The Hall–Kier alpha value is -1.85. The highest BCUT2D eigenvalue weighted by Crippen LogP contribution is 2.32. The van der Waals surface area contributed by atoms with Gasteiger partial charge >= 0.3 is 0 Å². The third-order valence-electron chi connectivity index (χ3n) is 4.10. The topological polar surface area (TPSA) is 33.2 Å². The molecule has 1 aliphatic rings. The summed E-state index contributed by atoms with van der Waals surface area (Å²) in [5, 5.41) is 0. The van der Waals surface area contributed by atoms with Crippen LogP contribution < -0.4 is 0 Å². The standard InChI is InChI=1S/C19H18N2OS2/c22-18(13-23-19-20-16-8-4-5-9-17(16)24-19)21(15-10-11-15)12-14-6-2-1-3-7-14/h1-9,15H,10-13H2. The van der Waals surface area contributed by atoms with Gasteiger partial charge in [-0.1, -0.05) is 54.2 Å². The Morgan fingerprint density at radius 3 is 2.62 bits per heavy atom.